The highest BCUT2D eigenvalue weighted by Gasteiger charge is 2.10. The monoisotopic (exact) mass is 277 g/mol. The summed E-state index contributed by atoms with van der Waals surface area (Å²) in [5, 5.41) is 5.61. The molecule has 0 saturated carbocycles. The van der Waals surface area contributed by atoms with Gasteiger partial charge in [-0.2, -0.15) is 0 Å². The van der Waals surface area contributed by atoms with Gasteiger partial charge in [0.05, 0.1) is 0 Å². The van der Waals surface area contributed by atoms with Crippen molar-refractivity contribution in [2.75, 3.05) is 13.1 Å². The Morgan fingerprint density at radius 2 is 1.65 bits per heavy atom. The predicted molar refractivity (Wildman–Crippen MR) is 78.7 cm³/mol. The molecule has 20 heavy (non-hydrogen) atoms. The van der Waals surface area contributed by atoms with Crippen LogP contribution in [0.1, 0.15) is 60.4 Å². The summed E-state index contributed by atoms with van der Waals surface area (Å²) in [6.45, 7) is 5.41. The topological polar surface area (TPSA) is 71.1 Å². The molecule has 0 aliphatic heterocycles. The molecule has 1 heterocycles. The quantitative estimate of drug-likeness (QED) is 0.715. The van der Waals surface area contributed by atoms with E-state index in [2.05, 4.69) is 29.5 Å². The highest BCUT2D eigenvalue weighted by molar-refractivity contribution is 5.98. The van der Waals surface area contributed by atoms with Crippen LogP contribution >= 0.6 is 0 Å². The first kappa shape index (κ1) is 16.1. The summed E-state index contributed by atoms with van der Waals surface area (Å²) in [6, 6.07) is 3.15. The summed E-state index contributed by atoms with van der Waals surface area (Å²) < 4.78 is 0. The van der Waals surface area contributed by atoms with Crippen molar-refractivity contribution >= 4 is 11.8 Å². The molecule has 1 rings (SSSR count). The van der Waals surface area contributed by atoms with Gasteiger partial charge in [-0.15, -0.1) is 0 Å². The number of carbonyl (C=O) groups is 2. The van der Waals surface area contributed by atoms with Gasteiger partial charge in [0.2, 0.25) is 0 Å². The molecule has 1 aromatic heterocycles. The zero-order chi connectivity index (χ0) is 14.8. The molecule has 110 valence electrons. The Bertz CT molecular complexity index is 409. The van der Waals surface area contributed by atoms with Crippen molar-refractivity contribution in [2.24, 2.45) is 0 Å². The van der Waals surface area contributed by atoms with E-state index in [1.165, 1.54) is 12.3 Å². The number of unbranched alkanes of at least 4 members (excludes halogenated alkanes) is 2. The van der Waals surface area contributed by atoms with Crippen LogP contribution in [0.4, 0.5) is 0 Å². The first-order valence-electron chi connectivity index (χ1n) is 7.21. The molecule has 0 bridgehead atoms. The fraction of sp³-hybridized carbons (Fsp3) is 0.533. The smallest absolute Gasteiger partial charge is 0.269 e. The standard InChI is InChI=1S/C15H23N3O2/c1-3-5-8-17-14(19)12-7-10-16-13(11-12)15(20)18-9-6-4-2/h7,10-11H,3-6,8-9H2,1-2H3,(H,17,19)(H,18,20). The van der Waals surface area contributed by atoms with Crippen LogP contribution in [0.3, 0.4) is 0 Å². The lowest BCUT2D eigenvalue weighted by atomic mass is 10.2. The molecule has 2 N–H and O–H groups in total. The molecule has 0 saturated heterocycles. The second-order valence-electron chi connectivity index (χ2n) is 4.65. The van der Waals surface area contributed by atoms with Crippen LogP contribution in [0.5, 0.6) is 0 Å². The molecule has 0 atom stereocenters. The third kappa shape index (κ3) is 5.38. The zero-order valence-electron chi connectivity index (χ0n) is 12.2. The van der Waals surface area contributed by atoms with E-state index in [9.17, 15) is 9.59 Å². The van der Waals surface area contributed by atoms with E-state index in [1.807, 2.05) is 0 Å². The molecule has 0 aliphatic carbocycles. The molecule has 5 heteroatoms. The molecule has 2 amide bonds. The van der Waals surface area contributed by atoms with Crippen molar-refractivity contribution in [3.63, 3.8) is 0 Å². The van der Waals surface area contributed by atoms with Gasteiger partial charge in [0.15, 0.2) is 0 Å². The third-order valence-corrected chi connectivity index (χ3v) is 2.89. The average molecular weight is 277 g/mol. The van der Waals surface area contributed by atoms with Gasteiger partial charge in [-0.05, 0) is 25.0 Å². The number of nitrogens with one attached hydrogen (secondary N) is 2. The highest BCUT2D eigenvalue weighted by Crippen LogP contribution is 2.02. The second kappa shape index (κ2) is 9.07. The van der Waals surface area contributed by atoms with Crippen LogP contribution in [0, 0.1) is 0 Å². The van der Waals surface area contributed by atoms with Crippen molar-refractivity contribution in [3.05, 3.63) is 29.6 Å². The summed E-state index contributed by atoms with van der Waals surface area (Å²) in [4.78, 5) is 27.7. The molecular formula is C15H23N3O2. The Labute approximate surface area is 120 Å². The van der Waals surface area contributed by atoms with Crippen LogP contribution in [0.15, 0.2) is 18.3 Å². The van der Waals surface area contributed by atoms with Gasteiger partial charge in [-0.3, -0.25) is 14.6 Å². The Morgan fingerprint density at radius 3 is 2.25 bits per heavy atom. The number of rotatable bonds is 8. The molecule has 1 aromatic rings. The average Bonchev–Trinajstić information content (AvgIpc) is 2.47. The zero-order valence-corrected chi connectivity index (χ0v) is 12.2. The fourth-order valence-electron chi connectivity index (χ4n) is 1.65. The number of nitrogens with zero attached hydrogens (tertiary/aromatic N) is 1. The number of pyridine rings is 1. The van der Waals surface area contributed by atoms with E-state index in [0.29, 0.717) is 18.7 Å². The minimum absolute atomic E-state index is 0.163. The van der Waals surface area contributed by atoms with Crippen LogP contribution in [0.2, 0.25) is 0 Å². The summed E-state index contributed by atoms with van der Waals surface area (Å²) in [5.74, 6) is -0.398. The largest absolute Gasteiger partial charge is 0.352 e. The molecule has 0 fully saturated rings. The first-order chi connectivity index (χ1) is 9.69. The van der Waals surface area contributed by atoms with Gasteiger partial charge in [0.25, 0.3) is 11.8 Å². The Morgan fingerprint density at radius 1 is 1.05 bits per heavy atom. The molecule has 5 nitrogen and oxygen atoms in total. The highest BCUT2D eigenvalue weighted by atomic mass is 16.2. The van der Waals surface area contributed by atoms with Crippen molar-refractivity contribution in [2.45, 2.75) is 39.5 Å². The second-order valence-corrected chi connectivity index (χ2v) is 4.65. The van der Waals surface area contributed by atoms with Gasteiger partial charge < -0.3 is 10.6 Å². The van der Waals surface area contributed by atoms with E-state index in [-0.39, 0.29) is 17.5 Å². The molecule has 0 unspecified atom stereocenters. The summed E-state index contributed by atoms with van der Waals surface area (Å²) in [7, 11) is 0. The van der Waals surface area contributed by atoms with Gasteiger partial charge in [0.1, 0.15) is 5.69 Å². The number of aromatic nitrogens is 1. The van der Waals surface area contributed by atoms with Crippen molar-refractivity contribution in [3.8, 4) is 0 Å². The SMILES string of the molecule is CCCCNC(=O)c1ccnc(C(=O)NCCCC)c1. The number of hydrogen-bond donors (Lipinski definition) is 2. The lowest BCUT2D eigenvalue weighted by Crippen LogP contribution is -2.27. The third-order valence-electron chi connectivity index (χ3n) is 2.89. The molecule has 0 spiro atoms. The Kier molecular flexibility index (Phi) is 7.32. The van der Waals surface area contributed by atoms with Crippen molar-refractivity contribution in [1.29, 1.82) is 0 Å². The maximum Gasteiger partial charge on any atom is 0.269 e. The van der Waals surface area contributed by atoms with Gasteiger partial charge in [-0.1, -0.05) is 26.7 Å². The number of amides is 2. The van der Waals surface area contributed by atoms with E-state index in [1.54, 1.807) is 6.07 Å². The number of carbonyl (C=O) groups excluding carboxylic acids is 2. The Balaban J connectivity index is 2.60. The Hall–Kier alpha value is -1.91. The van der Waals surface area contributed by atoms with Crippen LogP contribution in [0.25, 0.3) is 0 Å². The van der Waals surface area contributed by atoms with Crippen LogP contribution in [-0.4, -0.2) is 29.9 Å². The van der Waals surface area contributed by atoms with Gasteiger partial charge in [-0.25, -0.2) is 0 Å². The minimum Gasteiger partial charge on any atom is -0.352 e. The van der Waals surface area contributed by atoms with Crippen LogP contribution < -0.4 is 10.6 Å². The molecule has 0 radical (unpaired) electrons. The lowest BCUT2D eigenvalue weighted by Gasteiger charge is -2.06. The summed E-state index contributed by atoms with van der Waals surface area (Å²) in [6.07, 6.45) is 5.42. The van der Waals surface area contributed by atoms with Crippen molar-refractivity contribution in [1.82, 2.24) is 15.6 Å². The first-order valence-corrected chi connectivity index (χ1v) is 7.21. The summed E-state index contributed by atoms with van der Waals surface area (Å²) in [5.41, 5.74) is 0.751. The maximum absolute atomic E-state index is 11.9. The van der Waals surface area contributed by atoms with E-state index >= 15 is 0 Å². The van der Waals surface area contributed by atoms with E-state index in [4.69, 9.17) is 0 Å². The van der Waals surface area contributed by atoms with E-state index in [0.717, 1.165) is 25.7 Å². The van der Waals surface area contributed by atoms with E-state index < -0.39 is 0 Å². The van der Waals surface area contributed by atoms with Gasteiger partial charge >= 0.3 is 0 Å². The van der Waals surface area contributed by atoms with Gasteiger partial charge in [0, 0.05) is 24.8 Å². The molecule has 0 aromatic carbocycles. The normalized spacial score (nSPS) is 10.1. The summed E-state index contributed by atoms with van der Waals surface area (Å²) >= 11 is 0. The van der Waals surface area contributed by atoms with Crippen LogP contribution in [-0.2, 0) is 0 Å². The fourth-order valence-corrected chi connectivity index (χ4v) is 1.65. The maximum atomic E-state index is 11.9. The lowest BCUT2D eigenvalue weighted by molar-refractivity contribution is 0.0948. The minimum atomic E-state index is -0.235. The molecular weight excluding hydrogens is 254 g/mol. The number of hydrogen-bond acceptors (Lipinski definition) is 3. The van der Waals surface area contributed by atoms with Crippen molar-refractivity contribution < 1.29 is 9.59 Å². The molecule has 0 aliphatic rings. The predicted octanol–water partition coefficient (Wildman–Crippen LogP) is 2.14.